The molecule has 1 aromatic heterocycles. The van der Waals surface area contributed by atoms with Crippen molar-refractivity contribution >= 4 is 11.7 Å². The minimum Gasteiger partial charge on any atom is -0.494 e. The van der Waals surface area contributed by atoms with E-state index in [0.717, 1.165) is 35.4 Å². The van der Waals surface area contributed by atoms with Gasteiger partial charge in [0, 0.05) is 17.7 Å². The van der Waals surface area contributed by atoms with Gasteiger partial charge in [-0.3, -0.25) is 4.79 Å². The maximum Gasteiger partial charge on any atom is 0.226 e. The second kappa shape index (κ2) is 6.35. The molecule has 0 bridgehead atoms. The number of carbonyl (C=O) groups is 1. The molecule has 0 fully saturated rings. The summed E-state index contributed by atoms with van der Waals surface area (Å²) < 4.78 is 7.47. The Kier molecular flexibility index (Phi) is 4.03. The van der Waals surface area contributed by atoms with Gasteiger partial charge in [0.15, 0.2) is 5.78 Å². The Bertz CT molecular complexity index is 822. The van der Waals surface area contributed by atoms with Crippen LogP contribution < -0.4 is 10.1 Å². The van der Waals surface area contributed by atoms with Crippen LogP contribution >= 0.6 is 0 Å². The fraction of sp³-hybridized carbons (Fsp3) is 0.421. The lowest BCUT2D eigenvalue weighted by atomic mass is 9.81. The lowest BCUT2D eigenvalue weighted by molar-refractivity contribution is -0.117. The van der Waals surface area contributed by atoms with E-state index in [2.05, 4.69) is 29.2 Å². The number of anilines is 1. The smallest absolute Gasteiger partial charge is 0.226 e. The minimum atomic E-state index is -0.228. The molecule has 130 valence electrons. The second-order valence-electron chi connectivity index (χ2n) is 6.80. The van der Waals surface area contributed by atoms with E-state index in [9.17, 15) is 4.79 Å². The summed E-state index contributed by atoms with van der Waals surface area (Å²) in [5.74, 6) is 2.07. The van der Waals surface area contributed by atoms with E-state index in [1.807, 2.05) is 24.3 Å². The van der Waals surface area contributed by atoms with Gasteiger partial charge in [-0.25, -0.2) is 4.68 Å². The molecule has 25 heavy (non-hydrogen) atoms. The first-order valence-electron chi connectivity index (χ1n) is 8.83. The van der Waals surface area contributed by atoms with Gasteiger partial charge in [-0.05, 0) is 36.5 Å². The molecule has 2 aromatic rings. The van der Waals surface area contributed by atoms with Gasteiger partial charge in [0.05, 0.1) is 6.61 Å². The zero-order chi connectivity index (χ0) is 17.4. The number of hydrogen-bond donors (Lipinski definition) is 1. The fourth-order valence-corrected chi connectivity index (χ4v) is 3.62. The van der Waals surface area contributed by atoms with Crippen LogP contribution in [0.1, 0.15) is 44.7 Å². The molecule has 0 unspecified atom stereocenters. The van der Waals surface area contributed by atoms with Gasteiger partial charge in [0.25, 0.3) is 0 Å². The summed E-state index contributed by atoms with van der Waals surface area (Å²) in [4.78, 5) is 17.1. The number of carbonyl (C=O) groups excluding carboxylic acids is 1. The zero-order valence-corrected chi connectivity index (χ0v) is 14.5. The standard InChI is InChI=1S/C19H22N4O2/c1-3-8-25-14-6-4-13(5-7-14)18-17-15(9-12(2)10-16(17)24)22-19-20-11-21-23(18)19/h4-7,11-12,18H,3,8-10H2,1-2H3,(H,20,21,22)/t12-,18-/m0/s1. The number of benzene rings is 1. The number of hydrogen-bond acceptors (Lipinski definition) is 5. The van der Waals surface area contributed by atoms with Gasteiger partial charge in [0.2, 0.25) is 5.95 Å². The van der Waals surface area contributed by atoms with Crippen LogP contribution in [0.25, 0.3) is 0 Å². The molecule has 6 nitrogen and oxygen atoms in total. The van der Waals surface area contributed by atoms with Crippen LogP contribution in [0.5, 0.6) is 5.75 Å². The van der Waals surface area contributed by atoms with Crippen LogP contribution in [-0.2, 0) is 4.79 Å². The van der Waals surface area contributed by atoms with E-state index in [1.165, 1.54) is 6.33 Å². The Morgan fingerprint density at radius 3 is 2.84 bits per heavy atom. The number of ether oxygens (including phenoxy) is 1. The van der Waals surface area contributed by atoms with Crippen LogP contribution in [0, 0.1) is 5.92 Å². The molecule has 0 saturated heterocycles. The molecule has 2 heterocycles. The number of Topliss-reactive ketones (excluding diaryl/α,β-unsaturated/α-hetero) is 1. The number of rotatable bonds is 4. The number of fused-ring (bicyclic) bond motifs is 1. The average Bonchev–Trinajstić information content (AvgIpc) is 3.06. The molecule has 0 amide bonds. The SMILES string of the molecule is CCCOc1ccc([C@H]2C3=C(C[C@H](C)CC3=O)Nc3ncnn32)cc1. The van der Waals surface area contributed by atoms with E-state index in [-0.39, 0.29) is 11.8 Å². The van der Waals surface area contributed by atoms with E-state index in [4.69, 9.17) is 4.74 Å². The zero-order valence-electron chi connectivity index (χ0n) is 14.5. The Hall–Kier alpha value is -2.63. The Morgan fingerprint density at radius 2 is 2.08 bits per heavy atom. The number of aromatic nitrogens is 3. The lowest BCUT2D eigenvalue weighted by Crippen LogP contribution is -2.33. The van der Waals surface area contributed by atoms with Crippen molar-refractivity contribution in [1.82, 2.24) is 14.8 Å². The summed E-state index contributed by atoms with van der Waals surface area (Å²) in [5.41, 5.74) is 2.83. The van der Waals surface area contributed by atoms with Gasteiger partial charge in [0.1, 0.15) is 18.1 Å². The van der Waals surface area contributed by atoms with Crippen molar-refractivity contribution in [3.8, 4) is 5.75 Å². The van der Waals surface area contributed by atoms with E-state index < -0.39 is 0 Å². The summed E-state index contributed by atoms with van der Waals surface area (Å²) in [7, 11) is 0. The van der Waals surface area contributed by atoms with Crippen molar-refractivity contribution < 1.29 is 9.53 Å². The summed E-state index contributed by atoms with van der Waals surface area (Å²) in [6, 6.07) is 7.72. The Morgan fingerprint density at radius 1 is 1.28 bits per heavy atom. The molecule has 1 aromatic carbocycles. The average molecular weight is 338 g/mol. The summed E-state index contributed by atoms with van der Waals surface area (Å²) in [6.45, 7) is 4.89. The Labute approximate surface area is 146 Å². The highest BCUT2D eigenvalue weighted by Gasteiger charge is 2.37. The van der Waals surface area contributed by atoms with Gasteiger partial charge >= 0.3 is 0 Å². The fourth-order valence-electron chi connectivity index (χ4n) is 3.62. The van der Waals surface area contributed by atoms with Gasteiger partial charge < -0.3 is 10.1 Å². The molecule has 1 aliphatic carbocycles. The predicted octanol–water partition coefficient (Wildman–Crippen LogP) is 3.33. The molecule has 0 saturated carbocycles. The molecule has 1 N–H and O–H groups in total. The molecule has 6 heteroatoms. The molecule has 2 aliphatic rings. The molecule has 4 rings (SSSR count). The first-order chi connectivity index (χ1) is 12.2. The number of allylic oxidation sites excluding steroid dienone is 2. The van der Waals surface area contributed by atoms with Crippen LogP contribution in [0.15, 0.2) is 41.9 Å². The van der Waals surface area contributed by atoms with E-state index in [1.54, 1.807) is 4.68 Å². The van der Waals surface area contributed by atoms with Crippen LogP contribution in [-0.4, -0.2) is 27.2 Å². The van der Waals surface area contributed by atoms with Crippen LogP contribution in [0.2, 0.25) is 0 Å². The number of ketones is 1. The molecular weight excluding hydrogens is 316 g/mol. The highest BCUT2D eigenvalue weighted by molar-refractivity contribution is 5.99. The molecule has 2 atom stereocenters. The van der Waals surface area contributed by atoms with Gasteiger partial charge in [-0.1, -0.05) is 26.0 Å². The third-order valence-electron chi connectivity index (χ3n) is 4.73. The van der Waals surface area contributed by atoms with Crippen molar-refractivity contribution in [3.05, 3.63) is 47.4 Å². The summed E-state index contributed by atoms with van der Waals surface area (Å²) in [5, 5.41) is 7.66. The third kappa shape index (κ3) is 2.81. The first kappa shape index (κ1) is 15.9. The summed E-state index contributed by atoms with van der Waals surface area (Å²) >= 11 is 0. The number of nitrogens with zero attached hydrogens (tertiary/aromatic N) is 3. The highest BCUT2D eigenvalue weighted by atomic mass is 16.5. The monoisotopic (exact) mass is 338 g/mol. The predicted molar refractivity (Wildman–Crippen MR) is 94.4 cm³/mol. The maximum atomic E-state index is 12.8. The summed E-state index contributed by atoms with van der Waals surface area (Å²) in [6.07, 6.45) is 3.95. The van der Waals surface area contributed by atoms with Crippen molar-refractivity contribution in [1.29, 1.82) is 0 Å². The van der Waals surface area contributed by atoms with Crippen molar-refractivity contribution in [2.24, 2.45) is 5.92 Å². The van der Waals surface area contributed by atoms with Crippen LogP contribution in [0.4, 0.5) is 5.95 Å². The molecule has 0 radical (unpaired) electrons. The maximum absolute atomic E-state index is 12.8. The number of nitrogens with one attached hydrogen (secondary N) is 1. The van der Waals surface area contributed by atoms with Crippen LogP contribution in [0.3, 0.4) is 0 Å². The third-order valence-corrected chi connectivity index (χ3v) is 4.73. The minimum absolute atomic E-state index is 0.193. The lowest BCUT2D eigenvalue weighted by Gasteiger charge is -2.34. The molecular formula is C19H22N4O2. The van der Waals surface area contributed by atoms with E-state index >= 15 is 0 Å². The van der Waals surface area contributed by atoms with Gasteiger partial charge in [-0.15, -0.1) is 0 Å². The largest absolute Gasteiger partial charge is 0.494 e. The normalized spacial score (nSPS) is 22.2. The van der Waals surface area contributed by atoms with Gasteiger partial charge in [-0.2, -0.15) is 10.1 Å². The molecule has 0 spiro atoms. The second-order valence-corrected chi connectivity index (χ2v) is 6.80. The van der Waals surface area contributed by atoms with Crippen molar-refractivity contribution in [2.45, 2.75) is 39.2 Å². The van der Waals surface area contributed by atoms with Crippen molar-refractivity contribution in [2.75, 3.05) is 11.9 Å². The topological polar surface area (TPSA) is 69.0 Å². The first-order valence-corrected chi connectivity index (χ1v) is 8.83. The van der Waals surface area contributed by atoms with Crippen molar-refractivity contribution in [3.63, 3.8) is 0 Å². The Balaban J connectivity index is 1.75. The van der Waals surface area contributed by atoms with E-state index in [0.29, 0.717) is 24.9 Å². The highest BCUT2D eigenvalue weighted by Crippen LogP contribution is 2.41. The quantitative estimate of drug-likeness (QED) is 0.926. The molecule has 1 aliphatic heterocycles.